The molecule has 2 aromatic heterocycles. The molecule has 1 aromatic carbocycles. The van der Waals surface area contributed by atoms with Crippen molar-refractivity contribution in [3.05, 3.63) is 45.1 Å². The number of aromatic nitrogens is 4. The highest BCUT2D eigenvalue weighted by molar-refractivity contribution is 5.89. The Bertz CT molecular complexity index is 1430. The first-order valence-electron chi connectivity index (χ1n) is 12.2. The van der Waals surface area contributed by atoms with E-state index in [9.17, 15) is 9.59 Å². The summed E-state index contributed by atoms with van der Waals surface area (Å²) in [6.45, 7) is 8.09. The Morgan fingerprint density at radius 3 is 2.71 bits per heavy atom. The number of aryl methyl sites for hydroxylation is 2. The lowest BCUT2D eigenvalue weighted by atomic mass is 10.0. The van der Waals surface area contributed by atoms with Crippen LogP contribution in [0.4, 0.5) is 11.6 Å². The summed E-state index contributed by atoms with van der Waals surface area (Å²) < 4.78 is 10.8. The molecule has 1 saturated heterocycles. The number of hydrogen-bond acceptors (Lipinski definition) is 7. The van der Waals surface area contributed by atoms with Crippen molar-refractivity contribution in [3.63, 3.8) is 0 Å². The van der Waals surface area contributed by atoms with E-state index in [1.165, 1.54) is 9.13 Å². The quantitative estimate of drug-likeness (QED) is 0.614. The second-order valence-electron chi connectivity index (χ2n) is 10.1. The predicted octanol–water partition coefficient (Wildman–Crippen LogP) is 2.18. The molecule has 10 heteroatoms. The van der Waals surface area contributed by atoms with Gasteiger partial charge in [0.1, 0.15) is 17.0 Å². The molecule has 2 aliphatic rings. The van der Waals surface area contributed by atoms with Crippen LogP contribution in [0.5, 0.6) is 5.75 Å². The van der Waals surface area contributed by atoms with Crippen LogP contribution in [-0.4, -0.2) is 49.1 Å². The van der Waals surface area contributed by atoms with E-state index in [0.29, 0.717) is 53.8 Å². The zero-order chi connectivity index (χ0) is 24.9. The zero-order valence-electron chi connectivity index (χ0n) is 20.8. The molecular weight excluding hydrogens is 446 g/mol. The zero-order valence-corrected chi connectivity index (χ0v) is 20.8. The van der Waals surface area contributed by atoms with Gasteiger partial charge in [0.05, 0.1) is 6.54 Å². The Labute approximate surface area is 203 Å². The highest BCUT2D eigenvalue weighted by Crippen LogP contribution is 2.35. The number of rotatable bonds is 4. The van der Waals surface area contributed by atoms with Crippen LogP contribution in [0, 0.1) is 0 Å². The van der Waals surface area contributed by atoms with Gasteiger partial charge in [0.2, 0.25) is 5.95 Å². The number of hydrogen-bond donors (Lipinski definition) is 1. The van der Waals surface area contributed by atoms with Crippen LogP contribution in [0.1, 0.15) is 40.0 Å². The number of anilines is 1. The first kappa shape index (κ1) is 23.3. The first-order valence-corrected chi connectivity index (χ1v) is 12.2. The van der Waals surface area contributed by atoms with E-state index in [4.69, 9.17) is 20.4 Å². The molecule has 10 nitrogen and oxygen atoms in total. The number of fused-ring (bicyclic) bond motifs is 2. The van der Waals surface area contributed by atoms with Gasteiger partial charge >= 0.3 is 5.69 Å². The second kappa shape index (κ2) is 8.67. The van der Waals surface area contributed by atoms with Gasteiger partial charge in [-0.15, -0.1) is 0 Å². The minimum atomic E-state index is -0.532. The standard InChI is InChI=1S/C25H33N7O3/c1-5-31-20-21(28-23(31)30-12-8-9-16(26)14-30)29(4)24(34)32(22(20)33)15-17-13-25(2,3)35-19-11-7-6-10-18(19)27-17/h6-7,10-11,16H,5,8-9,12-15,26H2,1-4H3. The fraction of sp³-hybridized carbons (Fsp3) is 0.520. The van der Waals surface area contributed by atoms with E-state index < -0.39 is 11.3 Å². The van der Waals surface area contributed by atoms with E-state index in [-0.39, 0.29) is 18.1 Å². The summed E-state index contributed by atoms with van der Waals surface area (Å²) in [7, 11) is 1.66. The average molecular weight is 480 g/mol. The second-order valence-corrected chi connectivity index (χ2v) is 10.1. The lowest BCUT2D eigenvalue weighted by Gasteiger charge is -2.31. The van der Waals surface area contributed by atoms with Gasteiger partial charge in [0.25, 0.3) is 5.56 Å². The first-order chi connectivity index (χ1) is 16.7. The Morgan fingerprint density at radius 2 is 1.97 bits per heavy atom. The van der Waals surface area contributed by atoms with Crippen molar-refractivity contribution in [1.29, 1.82) is 0 Å². The molecule has 0 aliphatic carbocycles. The molecule has 1 unspecified atom stereocenters. The molecule has 0 saturated carbocycles. The lowest BCUT2D eigenvalue weighted by Crippen LogP contribution is -2.44. The van der Waals surface area contributed by atoms with Gasteiger partial charge < -0.3 is 19.9 Å². The molecule has 2 N–H and O–H groups in total. The third-order valence-electron chi connectivity index (χ3n) is 6.77. The van der Waals surface area contributed by atoms with Crippen molar-refractivity contribution in [3.8, 4) is 5.75 Å². The number of aliphatic imine (C=N–C) groups is 1. The molecule has 0 amide bonds. The number of piperidine rings is 1. The number of nitrogens with zero attached hydrogens (tertiary/aromatic N) is 6. The summed E-state index contributed by atoms with van der Waals surface area (Å²) in [4.78, 5) is 38.8. The van der Waals surface area contributed by atoms with Gasteiger partial charge in [-0.2, -0.15) is 4.98 Å². The molecule has 35 heavy (non-hydrogen) atoms. The fourth-order valence-electron chi connectivity index (χ4n) is 5.18. The average Bonchev–Trinajstić information content (AvgIpc) is 3.15. The summed E-state index contributed by atoms with van der Waals surface area (Å²) >= 11 is 0. The molecule has 5 rings (SSSR count). The normalized spacial score (nSPS) is 19.7. The number of nitrogens with two attached hydrogens (primary N) is 1. The SMILES string of the molecule is CCn1c(N2CCCC(N)C2)nc2c1c(=O)n(CC1=Nc3ccccc3OC(C)(C)C1)c(=O)n2C. The molecule has 0 radical (unpaired) electrons. The highest BCUT2D eigenvalue weighted by atomic mass is 16.5. The largest absolute Gasteiger partial charge is 0.485 e. The van der Waals surface area contributed by atoms with Crippen molar-refractivity contribution in [2.24, 2.45) is 17.8 Å². The molecular formula is C25H33N7O3. The maximum atomic E-state index is 13.8. The third-order valence-corrected chi connectivity index (χ3v) is 6.77. The monoisotopic (exact) mass is 479 g/mol. The topological polar surface area (TPSA) is 113 Å². The molecule has 1 atom stereocenters. The van der Waals surface area contributed by atoms with E-state index in [0.717, 1.165) is 19.4 Å². The fourth-order valence-corrected chi connectivity index (χ4v) is 5.18. The van der Waals surface area contributed by atoms with Crippen LogP contribution in [-0.2, 0) is 20.1 Å². The van der Waals surface area contributed by atoms with Crippen molar-refractivity contribution < 1.29 is 4.74 Å². The molecule has 2 aliphatic heterocycles. The van der Waals surface area contributed by atoms with Crippen LogP contribution in [0.3, 0.4) is 0 Å². The summed E-state index contributed by atoms with van der Waals surface area (Å²) in [6.07, 6.45) is 2.43. The Morgan fingerprint density at radius 1 is 1.20 bits per heavy atom. The number of ether oxygens (including phenoxy) is 1. The number of benzene rings is 1. The Hall–Kier alpha value is -3.40. The van der Waals surface area contributed by atoms with Gasteiger partial charge in [-0.3, -0.25) is 18.9 Å². The van der Waals surface area contributed by atoms with Gasteiger partial charge in [0, 0.05) is 44.9 Å². The van der Waals surface area contributed by atoms with E-state index in [1.54, 1.807) is 7.05 Å². The van der Waals surface area contributed by atoms with Crippen molar-refractivity contribution >= 4 is 28.5 Å². The van der Waals surface area contributed by atoms with Gasteiger partial charge in [-0.1, -0.05) is 12.1 Å². The maximum absolute atomic E-state index is 13.8. The van der Waals surface area contributed by atoms with Gasteiger partial charge in [-0.05, 0) is 45.7 Å². The molecule has 3 aromatic rings. The van der Waals surface area contributed by atoms with Crippen LogP contribution in [0.2, 0.25) is 0 Å². The van der Waals surface area contributed by atoms with Crippen LogP contribution in [0.25, 0.3) is 11.2 Å². The smallest absolute Gasteiger partial charge is 0.332 e. The van der Waals surface area contributed by atoms with Crippen molar-refractivity contribution in [1.82, 2.24) is 18.7 Å². The predicted molar refractivity (Wildman–Crippen MR) is 137 cm³/mol. The molecule has 186 valence electrons. The van der Waals surface area contributed by atoms with E-state index in [2.05, 4.69) is 4.90 Å². The summed E-state index contributed by atoms with van der Waals surface area (Å²) in [6, 6.07) is 7.63. The lowest BCUT2D eigenvalue weighted by molar-refractivity contribution is 0.120. The van der Waals surface area contributed by atoms with E-state index in [1.807, 2.05) is 49.6 Å². The Balaban J connectivity index is 1.63. The molecule has 0 bridgehead atoms. The Kier molecular flexibility index (Phi) is 5.79. The third kappa shape index (κ3) is 4.16. The minimum absolute atomic E-state index is 0.0658. The molecule has 4 heterocycles. The van der Waals surface area contributed by atoms with Gasteiger partial charge in [0.15, 0.2) is 11.2 Å². The minimum Gasteiger partial charge on any atom is -0.485 e. The summed E-state index contributed by atoms with van der Waals surface area (Å²) in [5.74, 6) is 1.38. The maximum Gasteiger partial charge on any atom is 0.332 e. The molecule has 1 fully saturated rings. The summed E-state index contributed by atoms with van der Waals surface area (Å²) in [5, 5.41) is 0. The summed E-state index contributed by atoms with van der Waals surface area (Å²) in [5.41, 5.74) is 7.13. The van der Waals surface area contributed by atoms with Crippen LogP contribution >= 0.6 is 0 Å². The van der Waals surface area contributed by atoms with Gasteiger partial charge in [-0.25, -0.2) is 4.79 Å². The van der Waals surface area contributed by atoms with Crippen molar-refractivity contribution in [2.75, 3.05) is 18.0 Å². The van der Waals surface area contributed by atoms with E-state index >= 15 is 0 Å². The molecule has 0 spiro atoms. The van der Waals surface area contributed by atoms with Crippen molar-refractivity contribution in [2.45, 2.75) is 64.8 Å². The van der Waals surface area contributed by atoms with Crippen LogP contribution < -0.4 is 26.6 Å². The van der Waals surface area contributed by atoms with Crippen LogP contribution in [0.15, 0.2) is 38.8 Å². The highest BCUT2D eigenvalue weighted by Gasteiger charge is 2.29. The number of imidazole rings is 1. The number of para-hydroxylation sites is 2.